The van der Waals surface area contributed by atoms with Gasteiger partial charge in [0.2, 0.25) is 5.91 Å². The molecule has 9 heteroatoms. The lowest BCUT2D eigenvalue weighted by molar-refractivity contribution is -0.119. The summed E-state index contributed by atoms with van der Waals surface area (Å²) in [4.78, 5) is 22.9. The Labute approximate surface area is 146 Å². The summed E-state index contributed by atoms with van der Waals surface area (Å²) in [5.74, 6) is -0.439. The van der Waals surface area contributed by atoms with Gasteiger partial charge >= 0.3 is 6.09 Å². The van der Waals surface area contributed by atoms with Crippen molar-refractivity contribution in [2.24, 2.45) is 0 Å². The third-order valence-electron chi connectivity index (χ3n) is 2.93. The van der Waals surface area contributed by atoms with Gasteiger partial charge in [-0.2, -0.15) is 0 Å². The normalized spacial score (nSPS) is 11.8. The molecule has 23 heavy (non-hydrogen) atoms. The number of rotatable bonds is 4. The quantitative estimate of drug-likeness (QED) is 0.658. The van der Waals surface area contributed by atoms with E-state index in [1.807, 2.05) is 31.2 Å². The molecule has 2 rings (SSSR count). The van der Waals surface area contributed by atoms with Crippen LogP contribution in [0.2, 0.25) is 0 Å². The number of thioether (sulfide) groups is 1. The Morgan fingerprint density at radius 2 is 2.13 bits per heavy atom. The number of nitrogens with one attached hydrogen (secondary N) is 1. The van der Waals surface area contributed by atoms with Gasteiger partial charge in [-0.05, 0) is 37.7 Å². The number of benzene rings is 1. The van der Waals surface area contributed by atoms with Crippen LogP contribution in [0.4, 0.5) is 4.79 Å². The first-order valence-corrected chi connectivity index (χ1v) is 8.74. The fourth-order valence-corrected chi connectivity index (χ4v) is 4.21. The van der Waals surface area contributed by atoms with Crippen molar-refractivity contribution < 1.29 is 14.3 Å². The number of aromatic nitrogens is 2. The summed E-state index contributed by atoms with van der Waals surface area (Å²) in [6.45, 7) is 3.67. The lowest BCUT2D eigenvalue weighted by Crippen LogP contribution is -2.35. The van der Waals surface area contributed by atoms with E-state index >= 15 is 0 Å². The fraction of sp³-hybridized carbons (Fsp3) is 0.286. The Bertz CT molecular complexity index is 785. The van der Waals surface area contributed by atoms with Crippen molar-refractivity contribution in [2.45, 2.75) is 23.4 Å². The number of carbonyl (C=O) groups is 2. The summed E-state index contributed by atoms with van der Waals surface area (Å²) >= 11 is 7.91. The van der Waals surface area contributed by atoms with Crippen LogP contribution in [0.5, 0.6) is 0 Å². The van der Waals surface area contributed by atoms with Crippen LogP contribution >= 0.6 is 35.3 Å². The Kier molecular flexibility index (Phi) is 5.91. The van der Waals surface area contributed by atoms with E-state index in [4.69, 9.17) is 12.2 Å². The van der Waals surface area contributed by atoms with E-state index in [-0.39, 0.29) is 0 Å². The SMILES string of the molecule is COC(=O)NC(=O)[C@H](C)Sc1nn(-c2ccccc2C)c(=S)s1. The predicted octanol–water partition coefficient (Wildman–Crippen LogP) is 3.33. The van der Waals surface area contributed by atoms with Crippen LogP contribution in [0, 0.1) is 10.9 Å². The first-order valence-electron chi connectivity index (χ1n) is 6.64. The molecule has 0 bridgehead atoms. The van der Waals surface area contributed by atoms with Crippen LogP contribution in [0.25, 0.3) is 5.69 Å². The largest absolute Gasteiger partial charge is 0.453 e. The molecule has 0 aliphatic rings. The molecule has 0 aliphatic carbocycles. The molecular formula is C14H15N3O3S3. The van der Waals surface area contributed by atoms with Gasteiger partial charge in [-0.1, -0.05) is 41.3 Å². The van der Waals surface area contributed by atoms with Crippen molar-refractivity contribution in [3.8, 4) is 5.69 Å². The summed E-state index contributed by atoms with van der Waals surface area (Å²) in [6.07, 6.45) is -0.777. The molecule has 1 atom stereocenters. The van der Waals surface area contributed by atoms with E-state index in [2.05, 4.69) is 15.2 Å². The molecule has 1 aromatic heterocycles. The highest BCUT2D eigenvalue weighted by atomic mass is 32.2. The highest BCUT2D eigenvalue weighted by molar-refractivity contribution is 8.02. The molecule has 2 amide bonds. The molecule has 1 heterocycles. The molecule has 122 valence electrons. The van der Waals surface area contributed by atoms with Crippen LogP contribution < -0.4 is 5.32 Å². The molecular weight excluding hydrogens is 354 g/mol. The molecule has 1 N–H and O–H groups in total. The van der Waals surface area contributed by atoms with Gasteiger partial charge in [-0.25, -0.2) is 9.48 Å². The van der Waals surface area contributed by atoms with E-state index < -0.39 is 17.3 Å². The zero-order valence-corrected chi connectivity index (χ0v) is 15.2. The van der Waals surface area contributed by atoms with E-state index in [0.29, 0.717) is 8.29 Å². The smallest absolute Gasteiger partial charge is 0.413 e. The van der Waals surface area contributed by atoms with E-state index in [9.17, 15) is 9.59 Å². The van der Waals surface area contributed by atoms with Crippen molar-refractivity contribution in [3.63, 3.8) is 0 Å². The van der Waals surface area contributed by atoms with Crippen LogP contribution in [0.3, 0.4) is 0 Å². The summed E-state index contributed by atoms with van der Waals surface area (Å²) in [7, 11) is 1.20. The van der Waals surface area contributed by atoms with Gasteiger partial charge in [0.1, 0.15) is 0 Å². The molecule has 1 aromatic carbocycles. The maximum atomic E-state index is 11.8. The number of para-hydroxylation sites is 1. The second-order valence-electron chi connectivity index (χ2n) is 4.57. The molecule has 0 aliphatic heterocycles. The Morgan fingerprint density at radius 3 is 2.78 bits per heavy atom. The summed E-state index contributed by atoms with van der Waals surface area (Å²) in [6, 6.07) is 7.79. The van der Waals surface area contributed by atoms with Crippen molar-refractivity contribution in [2.75, 3.05) is 7.11 Å². The second kappa shape index (κ2) is 7.71. The Hall–Kier alpha value is -1.71. The number of carbonyl (C=O) groups excluding carboxylic acids is 2. The number of imide groups is 1. The van der Waals surface area contributed by atoms with Gasteiger partial charge in [-0.3, -0.25) is 10.1 Å². The minimum atomic E-state index is -0.777. The number of aryl methyl sites for hydroxylation is 1. The number of hydrogen-bond donors (Lipinski definition) is 1. The Morgan fingerprint density at radius 1 is 1.43 bits per heavy atom. The average Bonchev–Trinajstić information content (AvgIpc) is 2.87. The average molecular weight is 369 g/mol. The molecule has 0 saturated carbocycles. The number of hydrogen-bond acceptors (Lipinski definition) is 7. The second-order valence-corrected chi connectivity index (χ2v) is 7.78. The predicted molar refractivity (Wildman–Crippen MR) is 92.9 cm³/mol. The third kappa shape index (κ3) is 4.40. The highest BCUT2D eigenvalue weighted by Crippen LogP contribution is 2.28. The molecule has 6 nitrogen and oxygen atoms in total. The van der Waals surface area contributed by atoms with Crippen LogP contribution in [0.15, 0.2) is 28.6 Å². The van der Waals surface area contributed by atoms with Gasteiger partial charge in [0.25, 0.3) is 0 Å². The van der Waals surface area contributed by atoms with Crippen molar-refractivity contribution in [1.29, 1.82) is 0 Å². The molecule has 0 spiro atoms. The monoisotopic (exact) mass is 369 g/mol. The lowest BCUT2D eigenvalue weighted by Gasteiger charge is -2.08. The Balaban J connectivity index is 2.16. The maximum absolute atomic E-state index is 11.8. The van der Waals surface area contributed by atoms with Gasteiger partial charge < -0.3 is 4.74 Å². The molecule has 0 saturated heterocycles. The molecule has 2 aromatic rings. The standard InChI is InChI=1S/C14H15N3O3S3/c1-8-6-4-5-7-10(8)17-14(21)23-13(16-17)22-9(2)11(18)15-12(19)20-3/h4-7,9H,1-3H3,(H,15,18,19)/t9-/m0/s1. The van der Waals surface area contributed by atoms with Crippen LogP contribution in [0.1, 0.15) is 12.5 Å². The maximum Gasteiger partial charge on any atom is 0.413 e. The number of methoxy groups -OCH3 is 1. The first-order chi connectivity index (χ1) is 10.9. The van der Waals surface area contributed by atoms with Crippen molar-refractivity contribution in [3.05, 3.63) is 33.8 Å². The minimum Gasteiger partial charge on any atom is -0.453 e. The zero-order valence-electron chi connectivity index (χ0n) is 12.7. The third-order valence-corrected chi connectivity index (χ3v) is 5.35. The number of alkyl carbamates (subject to hydrolysis) is 1. The van der Waals surface area contributed by atoms with Gasteiger partial charge in [0, 0.05) is 0 Å². The van der Waals surface area contributed by atoms with Crippen molar-refractivity contribution >= 4 is 47.3 Å². The minimum absolute atomic E-state index is 0.439. The van der Waals surface area contributed by atoms with Crippen LogP contribution in [-0.4, -0.2) is 34.1 Å². The first kappa shape index (κ1) is 17.6. The molecule has 0 fully saturated rings. The zero-order chi connectivity index (χ0) is 17.0. The highest BCUT2D eigenvalue weighted by Gasteiger charge is 2.19. The van der Waals surface area contributed by atoms with E-state index in [1.54, 1.807) is 11.6 Å². The topological polar surface area (TPSA) is 73.2 Å². The van der Waals surface area contributed by atoms with E-state index in [1.165, 1.54) is 30.2 Å². The van der Waals surface area contributed by atoms with E-state index in [0.717, 1.165) is 11.3 Å². The number of ether oxygens (including phenoxy) is 1. The molecule has 0 unspecified atom stereocenters. The number of nitrogens with zero attached hydrogens (tertiary/aromatic N) is 2. The summed E-state index contributed by atoms with van der Waals surface area (Å²) < 4.78 is 7.34. The number of amides is 2. The lowest BCUT2D eigenvalue weighted by atomic mass is 10.2. The molecule has 0 radical (unpaired) electrons. The fourth-order valence-electron chi connectivity index (χ4n) is 1.72. The summed E-state index contributed by atoms with van der Waals surface area (Å²) in [5, 5.41) is 6.10. The van der Waals surface area contributed by atoms with Gasteiger partial charge in [0.15, 0.2) is 8.29 Å². The van der Waals surface area contributed by atoms with Gasteiger partial charge in [0.05, 0.1) is 18.0 Å². The van der Waals surface area contributed by atoms with Crippen molar-refractivity contribution in [1.82, 2.24) is 15.1 Å². The summed E-state index contributed by atoms with van der Waals surface area (Å²) in [5.41, 5.74) is 1.97. The van der Waals surface area contributed by atoms with Crippen LogP contribution in [-0.2, 0) is 9.53 Å². The van der Waals surface area contributed by atoms with Gasteiger partial charge in [-0.15, -0.1) is 5.10 Å².